The standard InChI is InChI=1S/C15H17N3O2/c1-15(9-10-16-2,14(19)20-4)13-11-7-5-6-8-12(11)18(3)17-13/h5-8H,9-10H2,1,3-4H3. The third kappa shape index (κ3) is 2.14. The van der Waals surface area contributed by atoms with Crippen molar-refractivity contribution in [3.8, 4) is 0 Å². The molecule has 2 rings (SSSR count). The second kappa shape index (κ2) is 5.33. The molecule has 1 unspecified atom stereocenters. The van der Waals surface area contributed by atoms with E-state index in [1.807, 2.05) is 31.3 Å². The quantitative estimate of drug-likeness (QED) is 0.633. The molecule has 0 radical (unpaired) electrons. The van der Waals surface area contributed by atoms with Crippen LogP contribution in [0.15, 0.2) is 24.3 Å². The van der Waals surface area contributed by atoms with Gasteiger partial charge in [0.1, 0.15) is 5.41 Å². The fourth-order valence-electron chi connectivity index (χ4n) is 2.44. The Labute approximate surface area is 118 Å². The van der Waals surface area contributed by atoms with Crippen LogP contribution in [0.4, 0.5) is 0 Å². The number of para-hydroxylation sites is 1. The summed E-state index contributed by atoms with van der Waals surface area (Å²) in [7, 11) is 3.21. The van der Waals surface area contributed by atoms with Crippen molar-refractivity contribution in [2.75, 3.05) is 13.7 Å². The Balaban J connectivity index is 2.63. The lowest BCUT2D eigenvalue weighted by Gasteiger charge is -2.22. The zero-order valence-corrected chi connectivity index (χ0v) is 11.9. The predicted octanol–water partition coefficient (Wildman–Crippen LogP) is 2.31. The minimum absolute atomic E-state index is 0.260. The number of hydrogen-bond acceptors (Lipinski definition) is 3. The average Bonchev–Trinajstić information content (AvgIpc) is 2.82. The monoisotopic (exact) mass is 271 g/mol. The molecule has 0 aliphatic heterocycles. The number of fused-ring (bicyclic) bond motifs is 1. The molecule has 0 saturated carbocycles. The molecule has 0 bridgehead atoms. The van der Waals surface area contributed by atoms with E-state index in [4.69, 9.17) is 11.3 Å². The smallest absolute Gasteiger partial charge is 0.318 e. The summed E-state index contributed by atoms with van der Waals surface area (Å²) in [4.78, 5) is 15.6. The number of benzene rings is 1. The van der Waals surface area contributed by atoms with Gasteiger partial charge < -0.3 is 9.58 Å². The third-order valence-corrected chi connectivity index (χ3v) is 3.64. The molecule has 5 nitrogen and oxygen atoms in total. The highest BCUT2D eigenvalue weighted by Crippen LogP contribution is 2.33. The SMILES string of the molecule is [C-]#[N+]CCC(C)(C(=O)OC)c1nn(C)c2ccccc12. The van der Waals surface area contributed by atoms with Crippen LogP contribution in [0.25, 0.3) is 15.7 Å². The minimum Gasteiger partial charge on any atom is -0.468 e. The first-order valence-electron chi connectivity index (χ1n) is 6.38. The lowest BCUT2D eigenvalue weighted by molar-refractivity contribution is -0.147. The molecule has 2 aromatic rings. The van der Waals surface area contributed by atoms with Crippen molar-refractivity contribution in [1.29, 1.82) is 0 Å². The molecule has 0 fully saturated rings. The summed E-state index contributed by atoms with van der Waals surface area (Å²) in [5.74, 6) is -0.356. The third-order valence-electron chi connectivity index (χ3n) is 3.64. The number of rotatable bonds is 4. The number of methoxy groups -OCH3 is 1. The number of ether oxygens (including phenoxy) is 1. The fraction of sp³-hybridized carbons (Fsp3) is 0.400. The van der Waals surface area contributed by atoms with Gasteiger partial charge >= 0.3 is 5.97 Å². The van der Waals surface area contributed by atoms with E-state index in [1.54, 1.807) is 11.6 Å². The van der Waals surface area contributed by atoms with Gasteiger partial charge in [0.05, 0.1) is 18.3 Å². The van der Waals surface area contributed by atoms with Crippen LogP contribution in [0.3, 0.4) is 0 Å². The van der Waals surface area contributed by atoms with Gasteiger partial charge in [0.15, 0.2) is 0 Å². The normalized spacial score (nSPS) is 13.7. The van der Waals surface area contributed by atoms with Crippen LogP contribution in [0, 0.1) is 6.57 Å². The van der Waals surface area contributed by atoms with E-state index in [9.17, 15) is 4.79 Å². The molecule has 0 spiro atoms. The fourth-order valence-corrected chi connectivity index (χ4v) is 2.44. The van der Waals surface area contributed by atoms with Gasteiger partial charge in [-0.15, -0.1) is 0 Å². The Morgan fingerprint density at radius 1 is 1.50 bits per heavy atom. The largest absolute Gasteiger partial charge is 0.468 e. The first-order valence-corrected chi connectivity index (χ1v) is 6.38. The topological polar surface area (TPSA) is 48.5 Å². The second-order valence-corrected chi connectivity index (χ2v) is 4.94. The first kappa shape index (κ1) is 14.1. The molecule has 104 valence electrons. The molecule has 0 aliphatic carbocycles. The number of esters is 1. The molecule has 1 atom stereocenters. The second-order valence-electron chi connectivity index (χ2n) is 4.94. The van der Waals surface area contributed by atoms with Crippen LogP contribution in [-0.2, 0) is 22.0 Å². The molecule has 0 aliphatic rings. The molecular formula is C15H17N3O2. The summed E-state index contributed by atoms with van der Waals surface area (Å²) in [6.45, 7) is 9.01. The molecule has 5 heteroatoms. The van der Waals surface area contributed by atoms with E-state index in [0.717, 1.165) is 10.9 Å². The van der Waals surface area contributed by atoms with Gasteiger partial charge in [-0.3, -0.25) is 9.48 Å². The maximum Gasteiger partial charge on any atom is 0.318 e. The van der Waals surface area contributed by atoms with Gasteiger partial charge in [-0.05, 0) is 13.0 Å². The zero-order valence-electron chi connectivity index (χ0n) is 11.9. The van der Waals surface area contributed by atoms with Crippen molar-refractivity contribution in [2.24, 2.45) is 7.05 Å². The van der Waals surface area contributed by atoms with Crippen LogP contribution >= 0.6 is 0 Å². The summed E-state index contributed by atoms with van der Waals surface area (Å²) < 4.78 is 6.69. The van der Waals surface area contributed by atoms with Gasteiger partial charge in [0.2, 0.25) is 6.54 Å². The summed E-state index contributed by atoms with van der Waals surface area (Å²) in [6, 6.07) is 7.75. The van der Waals surface area contributed by atoms with E-state index in [1.165, 1.54) is 7.11 Å². The Morgan fingerprint density at radius 3 is 2.85 bits per heavy atom. The Bertz CT molecular complexity index is 684. The van der Waals surface area contributed by atoms with Crippen molar-refractivity contribution in [2.45, 2.75) is 18.8 Å². The van der Waals surface area contributed by atoms with Gasteiger partial charge in [-0.2, -0.15) is 5.10 Å². The van der Waals surface area contributed by atoms with E-state index in [2.05, 4.69) is 9.94 Å². The molecule has 0 N–H and O–H groups in total. The number of aromatic nitrogens is 2. The highest BCUT2D eigenvalue weighted by Gasteiger charge is 2.41. The average molecular weight is 271 g/mol. The molecule has 20 heavy (non-hydrogen) atoms. The summed E-state index contributed by atoms with van der Waals surface area (Å²) >= 11 is 0. The van der Waals surface area contributed by atoms with Crippen molar-refractivity contribution >= 4 is 16.9 Å². The number of aryl methyl sites for hydroxylation is 1. The number of nitrogens with zero attached hydrogens (tertiary/aromatic N) is 3. The van der Waals surface area contributed by atoms with E-state index >= 15 is 0 Å². The van der Waals surface area contributed by atoms with Gasteiger partial charge in [-0.25, -0.2) is 6.57 Å². The maximum absolute atomic E-state index is 12.2. The molecule has 0 saturated heterocycles. The summed E-state index contributed by atoms with van der Waals surface area (Å²) in [5.41, 5.74) is 0.728. The first-order chi connectivity index (χ1) is 9.54. The van der Waals surface area contributed by atoms with E-state index in [-0.39, 0.29) is 12.5 Å². The molecule has 0 amide bonds. The van der Waals surface area contributed by atoms with Crippen LogP contribution < -0.4 is 0 Å². The lowest BCUT2D eigenvalue weighted by Crippen LogP contribution is -2.35. The highest BCUT2D eigenvalue weighted by atomic mass is 16.5. The number of carbonyl (C=O) groups excluding carboxylic acids is 1. The maximum atomic E-state index is 12.2. The predicted molar refractivity (Wildman–Crippen MR) is 76.2 cm³/mol. The van der Waals surface area contributed by atoms with Crippen molar-refractivity contribution < 1.29 is 9.53 Å². The van der Waals surface area contributed by atoms with Crippen molar-refractivity contribution in [1.82, 2.24) is 9.78 Å². The highest BCUT2D eigenvalue weighted by molar-refractivity contribution is 5.91. The van der Waals surface area contributed by atoms with Crippen LogP contribution in [0.5, 0.6) is 0 Å². The molecular weight excluding hydrogens is 254 g/mol. The molecule has 1 aromatic carbocycles. The van der Waals surface area contributed by atoms with E-state index in [0.29, 0.717) is 12.1 Å². The van der Waals surface area contributed by atoms with Crippen molar-refractivity contribution in [3.05, 3.63) is 41.4 Å². The van der Waals surface area contributed by atoms with Crippen LogP contribution in [-0.4, -0.2) is 29.4 Å². The van der Waals surface area contributed by atoms with Gasteiger partial charge in [0.25, 0.3) is 0 Å². The zero-order chi connectivity index (χ0) is 14.8. The summed E-state index contributed by atoms with van der Waals surface area (Å²) in [6.07, 6.45) is 0.393. The van der Waals surface area contributed by atoms with Gasteiger partial charge in [-0.1, -0.05) is 18.2 Å². The van der Waals surface area contributed by atoms with Gasteiger partial charge in [0, 0.05) is 18.9 Å². The van der Waals surface area contributed by atoms with Crippen molar-refractivity contribution in [3.63, 3.8) is 0 Å². The lowest BCUT2D eigenvalue weighted by atomic mass is 9.81. The summed E-state index contributed by atoms with van der Waals surface area (Å²) in [5, 5.41) is 5.42. The molecule has 1 aromatic heterocycles. The van der Waals surface area contributed by atoms with Crippen LogP contribution in [0.2, 0.25) is 0 Å². The Kier molecular flexibility index (Phi) is 3.75. The molecule has 1 heterocycles. The van der Waals surface area contributed by atoms with E-state index < -0.39 is 5.41 Å². The van der Waals surface area contributed by atoms with Crippen LogP contribution in [0.1, 0.15) is 19.0 Å². The minimum atomic E-state index is -0.903. The number of hydrogen-bond donors (Lipinski definition) is 0. The number of carbonyl (C=O) groups is 1. The Morgan fingerprint density at radius 2 is 2.20 bits per heavy atom. The Hall–Kier alpha value is -2.35.